The van der Waals surface area contributed by atoms with Crippen molar-refractivity contribution in [2.75, 3.05) is 0 Å². The van der Waals surface area contributed by atoms with Gasteiger partial charge in [-0.3, -0.25) is 0 Å². The number of nitriles is 1. The molecule has 1 nitrogen and oxygen atoms in total. The number of hydrogen-bond acceptors (Lipinski definition) is 1. The van der Waals surface area contributed by atoms with Crippen LogP contribution in [0.5, 0.6) is 0 Å². The largest absolute Gasteiger partial charge is 0.198 e. The molecule has 1 heteroatoms. The van der Waals surface area contributed by atoms with Crippen molar-refractivity contribution < 1.29 is 0 Å². The van der Waals surface area contributed by atoms with E-state index in [1.165, 1.54) is 116 Å². The molecule has 1 atom stereocenters. The van der Waals surface area contributed by atoms with Crippen molar-refractivity contribution in [1.29, 1.82) is 5.26 Å². The summed E-state index contributed by atoms with van der Waals surface area (Å²) in [4.78, 5) is 0. The Bertz CT molecular complexity index is 278. The fraction of sp³-hybridized carbons (Fsp3) is 0.958. The van der Waals surface area contributed by atoms with Gasteiger partial charge in [0.15, 0.2) is 0 Å². The highest BCUT2D eigenvalue weighted by Crippen LogP contribution is 2.19. The Morgan fingerprint density at radius 1 is 0.480 bits per heavy atom. The average molecular weight is 350 g/mol. The third kappa shape index (κ3) is 19.7. The summed E-state index contributed by atoms with van der Waals surface area (Å²) in [5, 5.41) is 9.31. The first-order chi connectivity index (χ1) is 12.3. The van der Waals surface area contributed by atoms with E-state index in [9.17, 15) is 5.26 Å². The average Bonchev–Trinajstić information content (AvgIpc) is 2.63. The van der Waals surface area contributed by atoms with E-state index in [2.05, 4.69) is 19.9 Å². The molecule has 0 fully saturated rings. The maximum absolute atomic E-state index is 9.31. The third-order valence-electron chi connectivity index (χ3n) is 5.49. The lowest BCUT2D eigenvalue weighted by molar-refractivity contribution is 0.469. The molecule has 0 bridgehead atoms. The molecule has 0 spiro atoms. The summed E-state index contributed by atoms with van der Waals surface area (Å²) in [6.07, 6.45) is 27.1. The highest BCUT2D eigenvalue weighted by molar-refractivity contribution is 4.82. The molecule has 0 amide bonds. The van der Waals surface area contributed by atoms with Crippen molar-refractivity contribution in [3.63, 3.8) is 0 Å². The van der Waals surface area contributed by atoms with Crippen molar-refractivity contribution in [2.24, 2.45) is 5.92 Å². The van der Waals surface area contributed by atoms with E-state index in [4.69, 9.17) is 0 Å². The van der Waals surface area contributed by atoms with Crippen LogP contribution in [0.4, 0.5) is 0 Å². The van der Waals surface area contributed by atoms with Gasteiger partial charge in [-0.15, -0.1) is 0 Å². The summed E-state index contributed by atoms with van der Waals surface area (Å²) in [5.74, 6) is 0.328. The van der Waals surface area contributed by atoms with Gasteiger partial charge >= 0.3 is 0 Å². The van der Waals surface area contributed by atoms with E-state index in [1.54, 1.807) is 0 Å². The van der Waals surface area contributed by atoms with Crippen LogP contribution in [0.25, 0.3) is 0 Å². The summed E-state index contributed by atoms with van der Waals surface area (Å²) < 4.78 is 0. The summed E-state index contributed by atoms with van der Waals surface area (Å²) in [6.45, 7) is 4.55. The van der Waals surface area contributed by atoms with Gasteiger partial charge in [-0.05, 0) is 12.8 Å². The maximum Gasteiger partial charge on any atom is 0.0655 e. The number of nitrogens with zero attached hydrogens (tertiary/aromatic N) is 1. The Morgan fingerprint density at radius 3 is 1.04 bits per heavy atom. The predicted molar refractivity (Wildman–Crippen MR) is 113 cm³/mol. The molecule has 1 unspecified atom stereocenters. The van der Waals surface area contributed by atoms with Crippen molar-refractivity contribution in [3.8, 4) is 6.07 Å². The van der Waals surface area contributed by atoms with Crippen molar-refractivity contribution >= 4 is 0 Å². The van der Waals surface area contributed by atoms with Crippen LogP contribution in [0.1, 0.15) is 142 Å². The molecular weight excluding hydrogens is 302 g/mol. The van der Waals surface area contributed by atoms with Gasteiger partial charge in [-0.1, -0.05) is 129 Å². The predicted octanol–water partition coefficient (Wildman–Crippen LogP) is 8.97. The van der Waals surface area contributed by atoms with Crippen LogP contribution in [0, 0.1) is 17.2 Å². The van der Waals surface area contributed by atoms with Crippen LogP contribution >= 0.6 is 0 Å². The minimum atomic E-state index is 0.328. The lowest BCUT2D eigenvalue weighted by Crippen LogP contribution is -1.97. The lowest BCUT2D eigenvalue weighted by Gasteiger charge is -2.09. The van der Waals surface area contributed by atoms with Crippen LogP contribution in [-0.2, 0) is 0 Å². The molecule has 0 saturated carbocycles. The van der Waals surface area contributed by atoms with Gasteiger partial charge in [0.1, 0.15) is 0 Å². The van der Waals surface area contributed by atoms with E-state index in [0.717, 1.165) is 12.8 Å². The maximum atomic E-state index is 9.31. The fourth-order valence-electron chi connectivity index (χ4n) is 3.68. The first kappa shape index (κ1) is 24.5. The molecule has 0 aliphatic rings. The molecule has 0 aromatic heterocycles. The zero-order valence-corrected chi connectivity index (χ0v) is 17.7. The molecule has 0 aliphatic heterocycles. The molecule has 0 rings (SSSR count). The molecule has 25 heavy (non-hydrogen) atoms. The molecule has 148 valence electrons. The van der Waals surface area contributed by atoms with E-state index in [0.29, 0.717) is 5.92 Å². The Labute approximate surface area is 160 Å². The minimum Gasteiger partial charge on any atom is -0.198 e. The summed E-state index contributed by atoms with van der Waals surface area (Å²) in [7, 11) is 0. The zero-order chi connectivity index (χ0) is 18.4. The van der Waals surface area contributed by atoms with Gasteiger partial charge < -0.3 is 0 Å². The van der Waals surface area contributed by atoms with Crippen LogP contribution in [0.2, 0.25) is 0 Å². The lowest BCUT2D eigenvalue weighted by atomic mass is 9.95. The normalized spacial score (nSPS) is 12.2. The Hall–Kier alpha value is -0.510. The second kappa shape index (κ2) is 21.5. The van der Waals surface area contributed by atoms with Crippen molar-refractivity contribution in [3.05, 3.63) is 0 Å². The zero-order valence-electron chi connectivity index (χ0n) is 17.7. The van der Waals surface area contributed by atoms with E-state index in [1.807, 2.05) is 0 Å². The second-order valence-corrected chi connectivity index (χ2v) is 8.06. The van der Waals surface area contributed by atoms with Crippen LogP contribution in [0.3, 0.4) is 0 Å². The first-order valence-electron chi connectivity index (χ1n) is 11.7. The van der Waals surface area contributed by atoms with E-state index >= 15 is 0 Å². The third-order valence-corrected chi connectivity index (χ3v) is 5.49. The highest BCUT2D eigenvalue weighted by atomic mass is 14.3. The SMILES string of the molecule is CCCCCCCCCCCCCC(C#N)CCCCCCCCC. The van der Waals surface area contributed by atoms with E-state index in [-0.39, 0.29) is 0 Å². The van der Waals surface area contributed by atoms with Crippen molar-refractivity contribution in [2.45, 2.75) is 142 Å². The number of rotatable bonds is 20. The quantitative estimate of drug-likeness (QED) is 0.201. The van der Waals surface area contributed by atoms with Crippen LogP contribution in [0.15, 0.2) is 0 Å². The summed E-state index contributed by atoms with van der Waals surface area (Å²) in [5.41, 5.74) is 0. The highest BCUT2D eigenvalue weighted by Gasteiger charge is 2.06. The Balaban J connectivity index is 3.28. The smallest absolute Gasteiger partial charge is 0.0655 e. The standard InChI is InChI=1S/C24H47N/c1-3-5-7-9-11-12-13-14-16-18-20-22-24(23-25)21-19-17-15-10-8-6-4-2/h24H,3-22H2,1-2H3. The van der Waals surface area contributed by atoms with Crippen molar-refractivity contribution in [1.82, 2.24) is 0 Å². The van der Waals surface area contributed by atoms with Crippen LogP contribution in [-0.4, -0.2) is 0 Å². The minimum absolute atomic E-state index is 0.328. The fourth-order valence-corrected chi connectivity index (χ4v) is 3.68. The Kier molecular flexibility index (Phi) is 21.1. The molecule has 0 heterocycles. The molecular formula is C24H47N. The molecule has 0 saturated heterocycles. The molecule has 0 aromatic carbocycles. The molecule has 0 N–H and O–H groups in total. The molecule has 0 aliphatic carbocycles. The van der Waals surface area contributed by atoms with Gasteiger partial charge in [-0.2, -0.15) is 5.26 Å². The van der Waals surface area contributed by atoms with E-state index < -0.39 is 0 Å². The molecule has 0 aromatic rings. The summed E-state index contributed by atoms with van der Waals surface area (Å²) >= 11 is 0. The molecule has 0 radical (unpaired) electrons. The van der Waals surface area contributed by atoms with Gasteiger partial charge in [0.05, 0.1) is 6.07 Å². The number of unbranched alkanes of at least 4 members (excludes halogenated alkanes) is 16. The topological polar surface area (TPSA) is 23.8 Å². The van der Waals surface area contributed by atoms with Gasteiger partial charge in [0.2, 0.25) is 0 Å². The first-order valence-corrected chi connectivity index (χ1v) is 11.7. The van der Waals surface area contributed by atoms with Gasteiger partial charge in [0, 0.05) is 5.92 Å². The number of hydrogen-bond donors (Lipinski definition) is 0. The van der Waals surface area contributed by atoms with Gasteiger partial charge in [0.25, 0.3) is 0 Å². The monoisotopic (exact) mass is 349 g/mol. The van der Waals surface area contributed by atoms with Gasteiger partial charge in [-0.25, -0.2) is 0 Å². The Morgan fingerprint density at radius 2 is 0.760 bits per heavy atom. The second-order valence-electron chi connectivity index (χ2n) is 8.06. The van der Waals surface area contributed by atoms with Crippen LogP contribution < -0.4 is 0 Å². The summed E-state index contributed by atoms with van der Waals surface area (Å²) in [6, 6.07) is 2.55.